The van der Waals surface area contributed by atoms with Crippen LogP contribution in [0.2, 0.25) is 0 Å². The lowest BCUT2D eigenvalue weighted by Crippen LogP contribution is -2.46. The molecule has 1 aliphatic heterocycles. The Morgan fingerprint density at radius 1 is 1.32 bits per heavy atom. The number of carboxylic acids is 1. The normalized spacial score (nSPS) is 20.9. The number of hydrogen-bond donors (Lipinski definition) is 1. The molecule has 1 N–H and O–H groups in total. The number of benzene rings is 1. The summed E-state index contributed by atoms with van der Waals surface area (Å²) in [6, 6.07) is 11.0. The fraction of sp³-hybridized carbons (Fsp3) is 0.562. The van der Waals surface area contributed by atoms with E-state index in [2.05, 4.69) is 36.1 Å². The molecule has 1 aromatic carbocycles. The molecule has 1 aliphatic rings. The van der Waals surface area contributed by atoms with Gasteiger partial charge >= 0.3 is 5.97 Å². The van der Waals surface area contributed by atoms with Gasteiger partial charge in [-0.05, 0) is 51.8 Å². The first-order chi connectivity index (χ1) is 9.01. The van der Waals surface area contributed by atoms with Crippen molar-refractivity contribution in [2.45, 2.75) is 39.2 Å². The third-order valence-electron chi connectivity index (χ3n) is 4.42. The van der Waals surface area contributed by atoms with E-state index in [-0.39, 0.29) is 0 Å². The van der Waals surface area contributed by atoms with Crippen LogP contribution >= 0.6 is 0 Å². The van der Waals surface area contributed by atoms with Crippen molar-refractivity contribution in [1.82, 2.24) is 4.90 Å². The van der Waals surface area contributed by atoms with Gasteiger partial charge in [0.15, 0.2) is 0 Å². The predicted molar refractivity (Wildman–Crippen MR) is 76.2 cm³/mol. The molecule has 0 bridgehead atoms. The Hall–Kier alpha value is -1.35. The average Bonchev–Trinajstić information content (AvgIpc) is 2.40. The summed E-state index contributed by atoms with van der Waals surface area (Å²) in [5.74, 6) is -0.650. The number of likely N-dealkylation sites (tertiary alicyclic amines) is 1. The smallest absolute Gasteiger partial charge is 0.309 e. The van der Waals surface area contributed by atoms with Crippen molar-refractivity contribution in [3.63, 3.8) is 0 Å². The van der Waals surface area contributed by atoms with Gasteiger partial charge in [-0.2, -0.15) is 0 Å². The van der Waals surface area contributed by atoms with E-state index in [1.807, 2.05) is 13.0 Å². The highest BCUT2D eigenvalue weighted by molar-refractivity contribution is 5.74. The minimum absolute atomic E-state index is 0.473. The average molecular weight is 261 g/mol. The molecule has 104 valence electrons. The molecule has 1 heterocycles. The Morgan fingerprint density at radius 2 is 1.89 bits per heavy atom. The molecule has 1 unspecified atom stereocenters. The lowest BCUT2D eigenvalue weighted by atomic mass is 9.80. The monoisotopic (exact) mass is 261 g/mol. The zero-order chi connectivity index (χ0) is 13.9. The summed E-state index contributed by atoms with van der Waals surface area (Å²) in [5, 5.41) is 9.24. The standard InChI is InChI=1S/C16H23NO2/c1-13(12-14-6-4-3-5-7-14)17-10-8-16(2,9-11-17)15(18)19/h3-7,13H,8-12H2,1-2H3,(H,18,19). The maximum Gasteiger partial charge on any atom is 0.309 e. The molecule has 1 atom stereocenters. The van der Waals surface area contributed by atoms with Crippen LogP contribution in [0.15, 0.2) is 30.3 Å². The van der Waals surface area contributed by atoms with Gasteiger partial charge in [-0.15, -0.1) is 0 Å². The highest BCUT2D eigenvalue weighted by Crippen LogP contribution is 2.32. The van der Waals surface area contributed by atoms with Gasteiger partial charge in [0.2, 0.25) is 0 Å². The van der Waals surface area contributed by atoms with Crippen LogP contribution in [0.3, 0.4) is 0 Å². The van der Waals surface area contributed by atoms with Crippen LogP contribution in [0.5, 0.6) is 0 Å². The fourth-order valence-corrected chi connectivity index (χ4v) is 2.76. The zero-order valence-electron chi connectivity index (χ0n) is 11.8. The van der Waals surface area contributed by atoms with Crippen molar-refractivity contribution in [3.05, 3.63) is 35.9 Å². The fourth-order valence-electron chi connectivity index (χ4n) is 2.76. The lowest BCUT2D eigenvalue weighted by molar-refractivity contribution is -0.151. The maximum absolute atomic E-state index is 11.2. The molecule has 0 radical (unpaired) electrons. The van der Waals surface area contributed by atoms with E-state index in [1.54, 1.807) is 0 Å². The number of rotatable bonds is 4. The number of nitrogens with zero attached hydrogens (tertiary/aromatic N) is 1. The van der Waals surface area contributed by atoms with Crippen molar-refractivity contribution < 1.29 is 9.90 Å². The van der Waals surface area contributed by atoms with Crippen LogP contribution in [0.1, 0.15) is 32.3 Å². The van der Waals surface area contributed by atoms with E-state index in [9.17, 15) is 9.90 Å². The van der Waals surface area contributed by atoms with Gasteiger partial charge in [0, 0.05) is 6.04 Å². The first-order valence-corrected chi connectivity index (χ1v) is 7.03. The summed E-state index contributed by atoms with van der Waals surface area (Å²) >= 11 is 0. The van der Waals surface area contributed by atoms with Gasteiger partial charge in [-0.1, -0.05) is 30.3 Å². The molecule has 0 spiro atoms. The summed E-state index contributed by atoms with van der Waals surface area (Å²) in [4.78, 5) is 13.6. The second-order valence-electron chi connectivity index (χ2n) is 5.94. The van der Waals surface area contributed by atoms with Crippen molar-refractivity contribution in [2.75, 3.05) is 13.1 Å². The summed E-state index contributed by atoms with van der Waals surface area (Å²) in [7, 11) is 0. The molecule has 1 aromatic rings. The molecular weight excluding hydrogens is 238 g/mol. The van der Waals surface area contributed by atoms with Crippen LogP contribution in [0, 0.1) is 5.41 Å². The highest BCUT2D eigenvalue weighted by atomic mass is 16.4. The summed E-state index contributed by atoms with van der Waals surface area (Å²) in [5.41, 5.74) is 0.824. The van der Waals surface area contributed by atoms with E-state index in [1.165, 1.54) is 5.56 Å². The lowest BCUT2D eigenvalue weighted by Gasteiger charge is -2.39. The topological polar surface area (TPSA) is 40.5 Å². The Kier molecular flexibility index (Phi) is 4.25. The van der Waals surface area contributed by atoms with Crippen LogP contribution < -0.4 is 0 Å². The van der Waals surface area contributed by atoms with E-state index in [0.717, 1.165) is 32.4 Å². The Labute approximate surface area is 115 Å². The van der Waals surface area contributed by atoms with Gasteiger partial charge in [0.1, 0.15) is 0 Å². The molecule has 1 fully saturated rings. The second-order valence-corrected chi connectivity index (χ2v) is 5.94. The third-order valence-corrected chi connectivity index (χ3v) is 4.42. The SMILES string of the molecule is CC(Cc1ccccc1)N1CCC(C)(C(=O)O)CC1. The summed E-state index contributed by atoms with van der Waals surface area (Å²) in [6.45, 7) is 5.87. The number of carbonyl (C=O) groups is 1. The molecule has 0 amide bonds. The van der Waals surface area contributed by atoms with Crippen LogP contribution in [-0.4, -0.2) is 35.1 Å². The Bertz CT molecular complexity index is 422. The number of piperidine rings is 1. The van der Waals surface area contributed by atoms with Gasteiger partial charge in [0.05, 0.1) is 5.41 Å². The summed E-state index contributed by atoms with van der Waals surface area (Å²) in [6.07, 6.45) is 2.54. The molecule has 19 heavy (non-hydrogen) atoms. The number of carboxylic acid groups (broad SMARTS) is 1. The van der Waals surface area contributed by atoms with Crippen LogP contribution in [0.4, 0.5) is 0 Å². The highest BCUT2D eigenvalue weighted by Gasteiger charge is 2.37. The van der Waals surface area contributed by atoms with E-state index in [4.69, 9.17) is 0 Å². The minimum atomic E-state index is -0.650. The first kappa shape index (κ1) is 14.1. The maximum atomic E-state index is 11.2. The van der Waals surface area contributed by atoms with E-state index < -0.39 is 11.4 Å². The minimum Gasteiger partial charge on any atom is -0.481 e. The number of aliphatic carboxylic acids is 1. The molecule has 1 saturated heterocycles. The predicted octanol–water partition coefficient (Wildman–Crippen LogP) is 2.80. The largest absolute Gasteiger partial charge is 0.481 e. The summed E-state index contributed by atoms with van der Waals surface area (Å²) < 4.78 is 0. The van der Waals surface area contributed by atoms with Gasteiger partial charge in [-0.3, -0.25) is 4.79 Å². The van der Waals surface area contributed by atoms with Crippen molar-refractivity contribution in [3.8, 4) is 0 Å². The zero-order valence-corrected chi connectivity index (χ0v) is 11.8. The molecule has 2 rings (SSSR count). The molecule has 0 aromatic heterocycles. The Balaban J connectivity index is 1.89. The number of hydrogen-bond acceptors (Lipinski definition) is 2. The third kappa shape index (κ3) is 3.35. The van der Waals surface area contributed by atoms with E-state index >= 15 is 0 Å². The van der Waals surface area contributed by atoms with Crippen molar-refractivity contribution in [2.24, 2.45) is 5.41 Å². The van der Waals surface area contributed by atoms with Crippen LogP contribution in [0.25, 0.3) is 0 Å². The first-order valence-electron chi connectivity index (χ1n) is 7.03. The quantitative estimate of drug-likeness (QED) is 0.906. The van der Waals surface area contributed by atoms with Gasteiger partial charge in [0.25, 0.3) is 0 Å². The van der Waals surface area contributed by atoms with Crippen molar-refractivity contribution in [1.29, 1.82) is 0 Å². The van der Waals surface area contributed by atoms with Gasteiger partial charge < -0.3 is 10.0 Å². The Morgan fingerprint density at radius 3 is 2.42 bits per heavy atom. The van der Waals surface area contributed by atoms with E-state index in [0.29, 0.717) is 6.04 Å². The molecule has 0 saturated carbocycles. The van der Waals surface area contributed by atoms with Crippen LogP contribution in [-0.2, 0) is 11.2 Å². The molecule has 0 aliphatic carbocycles. The second kappa shape index (κ2) is 5.74. The van der Waals surface area contributed by atoms with Crippen molar-refractivity contribution >= 4 is 5.97 Å². The molecular formula is C16H23NO2. The molecule has 3 heteroatoms. The molecule has 3 nitrogen and oxygen atoms in total. The van der Waals surface area contributed by atoms with Gasteiger partial charge in [-0.25, -0.2) is 0 Å².